The molecule has 0 spiro atoms. The Morgan fingerprint density at radius 2 is 0.494 bits per heavy atom. The molecule has 79 heavy (non-hydrogen) atoms. The highest BCUT2D eigenvalue weighted by Crippen LogP contribution is 2.17. The molecule has 6 heteroatoms. The lowest BCUT2D eigenvalue weighted by atomic mass is 10.0. The zero-order valence-electron chi connectivity index (χ0n) is 52.4. The molecule has 0 aliphatic heterocycles. The second kappa shape index (κ2) is 67.1. The molecule has 0 heterocycles. The zero-order valence-corrected chi connectivity index (χ0v) is 52.4. The minimum Gasteiger partial charge on any atom is -0.462 e. The molecule has 0 rings (SSSR count). The second-order valence-corrected chi connectivity index (χ2v) is 22.7. The number of hydrogen-bond acceptors (Lipinski definition) is 6. The molecule has 0 bridgehead atoms. The fourth-order valence-electron chi connectivity index (χ4n) is 9.80. The average molecular weight is 1100 g/mol. The van der Waals surface area contributed by atoms with E-state index in [0.717, 1.165) is 103 Å². The molecule has 0 aliphatic rings. The van der Waals surface area contributed by atoms with Gasteiger partial charge in [0.25, 0.3) is 0 Å². The maximum Gasteiger partial charge on any atom is 0.306 e. The van der Waals surface area contributed by atoms with Crippen LogP contribution in [-0.4, -0.2) is 37.2 Å². The topological polar surface area (TPSA) is 78.9 Å². The third-order valence-corrected chi connectivity index (χ3v) is 14.9. The van der Waals surface area contributed by atoms with Crippen LogP contribution in [0.2, 0.25) is 0 Å². The number of carbonyl (C=O) groups excluding carboxylic acids is 3. The van der Waals surface area contributed by atoms with E-state index in [1.807, 2.05) is 0 Å². The summed E-state index contributed by atoms with van der Waals surface area (Å²) in [7, 11) is 0. The lowest BCUT2D eigenvalue weighted by Crippen LogP contribution is -2.30. The van der Waals surface area contributed by atoms with E-state index in [2.05, 4.69) is 106 Å². The van der Waals surface area contributed by atoms with Gasteiger partial charge in [-0.3, -0.25) is 14.4 Å². The van der Waals surface area contributed by atoms with Crippen molar-refractivity contribution < 1.29 is 28.6 Å². The molecule has 6 nitrogen and oxygen atoms in total. The lowest BCUT2D eigenvalue weighted by molar-refractivity contribution is -0.167. The summed E-state index contributed by atoms with van der Waals surface area (Å²) in [6.45, 7) is 6.54. The van der Waals surface area contributed by atoms with Crippen molar-refractivity contribution in [1.82, 2.24) is 0 Å². The number of hydrogen-bond donors (Lipinski definition) is 0. The molecule has 0 aromatic heterocycles. The molecule has 1 atom stereocenters. The first-order chi connectivity index (χ1) is 39.0. The summed E-state index contributed by atoms with van der Waals surface area (Å²) in [5.41, 5.74) is 0. The van der Waals surface area contributed by atoms with Crippen molar-refractivity contribution >= 4 is 17.9 Å². The van der Waals surface area contributed by atoms with Gasteiger partial charge in [0.05, 0.1) is 0 Å². The summed E-state index contributed by atoms with van der Waals surface area (Å²) in [5.74, 6) is -0.867. The Bertz CT molecular complexity index is 1500. The van der Waals surface area contributed by atoms with E-state index >= 15 is 0 Å². The Balaban J connectivity index is 4.25. The highest BCUT2D eigenvalue weighted by molar-refractivity contribution is 5.71. The Hall–Kier alpha value is -3.41. The predicted molar refractivity (Wildman–Crippen MR) is 344 cm³/mol. The van der Waals surface area contributed by atoms with Crippen LogP contribution >= 0.6 is 0 Å². The maximum atomic E-state index is 12.9. The third kappa shape index (κ3) is 65.3. The fraction of sp³-hybridized carbons (Fsp3) is 0.767. The molecule has 0 saturated heterocycles. The van der Waals surface area contributed by atoms with Crippen molar-refractivity contribution in [2.75, 3.05) is 13.2 Å². The van der Waals surface area contributed by atoms with Crippen molar-refractivity contribution in [2.45, 2.75) is 348 Å². The SMILES string of the molecule is CC/C=C\C/C=C\C/C=C\C/C=C\C/C=C\CCCCCCCCCCCC(=O)OCC(COC(=O)CCCCCCCCCCCCC)OC(=O)CCCCCCCCCCCCCCC/C=C\C/C=C\CCCCCCC. The smallest absolute Gasteiger partial charge is 0.306 e. The van der Waals surface area contributed by atoms with Gasteiger partial charge in [-0.15, -0.1) is 0 Å². The minimum atomic E-state index is -0.779. The molecule has 0 radical (unpaired) electrons. The van der Waals surface area contributed by atoms with Gasteiger partial charge in [-0.05, 0) is 96.3 Å². The van der Waals surface area contributed by atoms with Gasteiger partial charge in [0.2, 0.25) is 0 Å². The molecular formula is C73H128O6. The van der Waals surface area contributed by atoms with Crippen LogP contribution in [0, 0.1) is 0 Å². The van der Waals surface area contributed by atoms with E-state index in [0.29, 0.717) is 19.3 Å². The van der Waals surface area contributed by atoms with Gasteiger partial charge in [-0.2, -0.15) is 0 Å². The Morgan fingerprint density at radius 1 is 0.266 bits per heavy atom. The van der Waals surface area contributed by atoms with Crippen LogP contribution < -0.4 is 0 Å². The van der Waals surface area contributed by atoms with E-state index in [9.17, 15) is 14.4 Å². The predicted octanol–water partition coefficient (Wildman–Crippen LogP) is 23.4. The van der Waals surface area contributed by atoms with Gasteiger partial charge in [0, 0.05) is 19.3 Å². The van der Waals surface area contributed by atoms with E-state index in [-0.39, 0.29) is 31.1 Å². The van der Waals surface area contributed by atoms with Gasteiger partial charge in [-0.1, -0.05) is 311 Å². The summed E-state index contributed by atoms with van der Waals surface area (Å²) < 4.78 is 17.0. The van der Waals surface area contributed by atoms with Crippen molar-refractivity contribution in [3.63, 3.8) is 0 Å². The molecule has 0 aliphatic carbocycles. The summed E-state index contributed by atoms with van der Waals surface area (Å²) in [6.07, 6.45) is 88.9. The molecule has 0 N–H and O–H groups in total. The average Bonchev–Trinajstić information content (AvgIpc) is 3.45. The molecule has 0 amide bonds. The van der Waals surface area contributed by atoms with Crippen LogP contribution in [-0.2, 0) is 28.6 Å². The van der Waals surface area contributed by atoms with Gasteiger partial charge in [-0.25, -0.2) is 0 Å². The lowest BCUT2D eigenvalue weighted by Gasteiger charge is -2.18. The summed E-state index contributed by atoms with van der Waals surface area (Å²) >= 11 is 0. The zero-order chi connectivity index (χ0) is 57.1. The van der Waals surface area contributed by atoms with Crippen LogP contribution in [0.1, 0.15) is 342 Å². The molecule has 0 fully saturated rings. The van der Waals surface area contributed by atoms with Crippen LogP contribution in [0.25, 0.3) is 0 Å². The summed E-state index contributed by atoms with van der Waals surface area (Å²) in [5, 5.41) is 0. The number of carbonyl (C=O) groups is 3. The third-order valence-electron chi connectivity index (χ3n) is 14.9. The van der Waals surface area contributed by atoms with Gasteiger partial charge < -0.3 is 14.2 Å². The van der Waals surface area contributed by atoms with E-state index in [1.54, 1.807) is 0 Å². The van der Waals surface area contributed by atoms with Crippen molar-refractivity contribution in [3.05, 3.63) is 85.1 Å². The largest absolute Gasteiger partial charge is 0.462 e. The first-order valence-corrected chi connectivity index (χ1v) is 34.1. The van der Waals surface area contributed by atoms with E-state index < -0.39 is 6.10 Å². The summed E-state index contributed by atoms with van der Waals surface area (Å²) in [4.78, 5) is 38.3. The fourth-order valence-corrected chi connectivity index (χ4v) is 9.80. The van der Waals surface area contributed by atoms with Gasteiger partial charge >= 0.3 is 17.9 Å². The molecule has 0 aromatic carbocycles. The molecule has 1 unspecified atom stereocenters. The van der Waals surface area contributed by atoms with E-state index in [4.69, 9.17) is 14.2 Å². The second-order valence-electron chi connectivity index (χ2n) is 22.7. The monoisotopic (exact) mass is 1100 g/mol. The molecule has 0 saturated carbocycles. The van der Waals surface area contributed by atoms with Crippen LogP contribution in [0.15, 0.2) is 85.1 Å². The molecule has 0 aromatic rings. The first kappa shape index (κ1) is 75.6. The number of allylic oxidation sites excluding steroid dienone is 14. The van der Waals surface area contributed by atoms with Gasteiger partial charge in [0.1, 0.15) is 13.2 Å². The highest BCUT2D eigenvalue weighted by Gasteiger charge is 2.19. The van der Waals surface area contributed by atoms with E-state index in [1.165, 1.54) is 199 Å². The minimum absolute atomic E-state index is 0.0749. The highest BCUT2D eigenvalue weighted by atomic mass is 16.6. The van der Waals surface area contributed by atoms with Gasteiger partial charge in [0.15, 0.2) is 6.10 Å². The normalized spacial score (nSPS) is 12.6. The van der Waals surface area contributed by atoms with Crippen molar-refractivity contribution in [3.8, 4) is 0 Å². The molecule has 456 valence electrons. The van der Waals surface area contributed by atoms with Crippen molar-refractivity contribution in [1.29, 1.82) is 0 Å². The Morgan fingerprint density at radius 3 is 0.772 bits per heavy atom. The maximum absolute atomic E-state index is 12.9. The Kier molecular flexibility index (Phi) is 64.2. The number of ether oxygens (including phenoxy) is 3. The van der Waals surface area contributed by atoms with Crippen LogP contribution in [0.5, 0.6) is 0 Å². The van der Waals surface area contributed by atoms with Crippen LogP contribution in [0.4, 0.5) is 0 Å². The van der Waals surface area contributed by atoms with Crippen LogP contribution in [0.3, 0.4) is 0 Å². The Labute approximate surface area is 490 Å². The molecular weight excluding hydrogens is 973 g/mol. The summed E-state index contributed by atoms with van der Waals surface area (Å²) in [6, 6.07) is 0. The quantitative estimate of drug-likeness (QED) is 0.0261. The number of unbranched alkanes of at least 4 members (excludes halogenated alkanes) is 37. The van der Waals surface area contributed by atoms with Crippen molar-refractivity contribution in [2.24, 2.45) is 0 Å². The number of rotatable bonds is 62. The number of esters is 3. The standard InChI is InChI=1S/C73H128O6/c1-4-7-10-13-16-19-22-24-26-28-30-32-34-36-38-40-42-44-46-48-51-54-57-60-63-66-72(75)78-69-70(68-77-71(74)65-62-59-56-53-50-21-18-15-12-9-6-3)79-73(76)67-64-61-58-55-52-49-47-45-43-41-39-37-35-33-31-29-27-25-23-20-17-14-11-8-5-2/h7,10,16,19,23-26,29-32,36,38,70H,4-6,8-9,11-15,17-18,20-22,27-28,33-35,37,39-69H2,1-3H3/b10-7-,19-16-,25-23-,26-24-,31-29-,32-30-,38-36-. The first-order valence-electron chi connectivity index (χ1n) is 34.1.